The second kappa shape index (κ2) is 6.38. The normalized spacial score (nSPS) is 14.5. The van der Waals surface area contributed by atoms with Gasteiger partial charge < -0.3 is 9.88 Å². The first kappa shape index (κ1) is 15.3. The Hall–Kier alpha value is -3.00. The van der Waals surface area contributed by atoms with Gasteiger partial charge in [0.1, 0.15) is 0 Å². The van der Waals surface area contributed by atoms with Crippen LogP contribution in [0.3, 0.4) is 0 Å². The molecule has 0 aliphatic carbocycles. The van der Waals surface area contributed by atoms with Crippen LogP contribution < -0.4 is 5.32 Å². The van der Waals surface area contributed by atoms with Gasteiger partial charge in [-0.2, -0.15) is 0 Å². The Balaban J connectivity index is 1.91. The standard InChI is InChI=1S/C24H22N2/c1-2-9-17-25-23-18(10-4-1)15-16-21-20-13-7-8-14-22(20)26(24(21)23)19-11-5-3-6-12-19/h1,3-8,11-16,25H,2,9-10,17H2. The van der Waals surface area contributed by atoms with E-state index in [-0.39, 0.29) is 0 Å². The summed E-state index contributed by atoms with van der Waals surface area (Å²) in [7, 11) is 0. The molecule has 128 valence electrons. The highest BCUT2D eigenvalue weighted by molar-refractivity contribution is 6.13. The molecule has 4 aromatic rings. The van der Waals surface area contributed by atoms with Gasteiger partial charge in [-0.25, -0.2) is 0 Å². The summed E-state index contributed by atoms with van der Waals surface area (Å²) < 4.78 is 2.41. The highest BCUT2D eigenvalue weighted by Crippen LogP contribution is 2.38. The van der Waals surface area contributed by atoms with E-state index in [1.165, 1.54) is 38.7 Å². The molecule has 2 heteroatoms. The minimum absolute atomic E-state index is 0.981. The summed E-state index contributed by atoms with van der Waals surface area (Å²) in [5, 5.41) is 6.39. The Morgan fingerprint density at radius 2 is 1.62 bits per heavy atom. The van der Waals surface area contributed by atoms with E-state index in [1.807, 2.05) is 0 Å². The highest BCUT2D eigenvalue weighted by atomic mass is 15.0. The van der Waals surface area contributed by atoms with Crippen molar-refractivity contribution in [3.05, 3.63) is 84.4 Å². The van der Waals surface area contributed by atoms with Gasteiger partial charge in [0.2, 0.25) is 0 Å². The zero-order valence-corrected chi connectivity index (χ0v) is 14.8. The smallest absolute Gasteiger partial charge is 0.0776 e. The minimum atomic E-state index is 0.981. The first-order chi connectivity index (χ1) is 12.9. The topological polar surface area (TPSA) is 17.0 Å². The van der Waals surface area contributed by atoms with Crippen LogP contribution in [0.25, 0.3) is 27.5 Å². The zero-order valence-electron chi connectivity index (χ0n) is 14.8. The summed E-state index contributed by atoms with van der Waals surface area (Å²) in [5.41, 5.74) is 6.43. The van der Waals surface area contributed by atoms with Crippen LogP contribution in [-0.4, -0.2) is 11.1 Å². The largest absolute Gasteiger partial charge is 0.383 e. The molecule has 0 saturated heterocycles. The van der Waals surface area contributed by atoms with E-state index in [0.717, 1.165) is 25.8 Å². The van der Waals surface area contributed by atoms with Gasteiger partial charge in [0, 0.05) is 23.0 Å². The number of aromatic nitrogens is 1. The average Bonchev–Trinajstić information content (AvgIpc) is 3.08. The van der Waals surface area contributed by atoms with Crippen molar-refractivity contribution in [2.45, 2.75) is 19.3 Å². The lowest BCUT2D eigenvalue weighted by Gasteiger charge is -2.15. The van der Waals surface area contributed by atoms with E-state index in [2.05, 4.69) is 88.8 Å². The monoisotopic (exact) mass is 338 g/mol. The lowest BCUT2D eigenvalue weighted by Crippen LogP contribution is -2.06. The molecule has 0 bridgehead atoms. The molecule has 1 aliphatic rings. The second-order valence-corrected chi connectivity index (χ2v) is 6.93. The van der Waals surface area contributed by atoms with Crippen LogP contribution >= 0.6 is 0 Å². The Morgan fingerprint density at radius 1 is 0.769 bits per heavy atom. The Kier molecular flexibility index (Phi) is 3.75. The van der Waals surface area contributed by atoms with E-state index in [1.54, 1.807) is 0 Å². The number of nitrogens with zero attached hydrogens (tertiary/aromatic N) is 1. The fourth-order valence-corrected chi connectivity index (χ4v) is 4.07. The maximum atomic E-state index is 3.76. The van der Waals surface area contributed by atoms with Crippen LogP contribution in [0.1, 0.15) is 18.4 Å². The van der Waals surface area contributed by atoms with Crippen molar-refractivity contribution in [1.29, 1.82) is 0 Å². The van der Waals surface area contributed by atoms with Gasteiger partial charge in [-0.05, 0) is 43.0 Å². The lowest BCUT2D eigenvalue weighted by molar-refractivity contribution is 0.891. The van der Waals surface area contributed by atoms with E-state index in [0.29, 0.717) is 0 Å². The summed E-state index contributed by atoms with van der Waals surface area (Å²) in [4.78, 5) is 0. The summed E-state index contributed by atoms with van der Waals surface area (Å²) >= 11 is 0. The van der Waals surface area contributed by atoms with Crippen LogP contribution in [0.5, 0.6) is 0 Å². The third kappa shape index (κ3) is 2.41. The first-order valence-electron chi connectivity index (χ1n) is 9.43. The summed E-state index contributed by atoms with van der Waals surface area (Å²) in [5.74, 6) is 0. The van der Waals surface area contributed by atoms with Gasteiger partial charge in [0.15, 0.2) is 0 Å². The molecule has 0 saturated carbocycles. The third-order valence-electron chi connectivity index (χ3n) is 5.29. The molecule has 1 aromatic heterocycles. The molecule has 2 heterocycles. The van der Waals surface area contributed by atoms with Crippen molar-refractivity contribution in [2.24, 2.45) is 0 Å². The van der Waals surface area contributed by atoms with Crippen LogP contribution in [0.2, 0.25) is 0 Å². The lowest BCUT2D eigenvalue weighted by atomic mass is 10.0. The van der Waals surface area contributed by atoms with E-state index >= 15 is 0 Å². The Labute approximate surface area is 153 Å². The van der Waals surface area contributed by atoms with Crippen molar-refractivity contribution in [2.75, 3.05) is 11.9 Å². The van der Waals surface area contributed by atoms with Crippen molar-refractivity contribution < 1.29 is 0 Å². The molecule has 0 amide bonds. The summed E-state index contributed by atoms with van der Waals surface area (Å²) in [6.45, 7) is 1.01. The van der Waals surface area contributed by atoms with Gasteiger partial charge in [-0.3, -0.25) is 0 Å². The molecule has 0 radical (unpaired) electrons. The van der Waals surface area contributed by atoms with Gasteiger partial charge in [-0.15, -0.1) is 0 Å². The summed E-state index contributed by atoms with van der Waals surface area (Å²) in [6.07, 6.45) is 7.92. The van der Waals surface area contributed by atoms with Crippen LogP contribution in [0.4, 0.5) is 5.69 Å². The molecular formula is C24H22N2. The van der Waals surface area contributed by atoms with Gasteiger partial charge in [0.05, 0.1) is 16.7 Å². The van der Waals surface area contributed by atoms with E-state index in [9.17, 15) is 0 Å². The van der Waals surface area contributed by atoms with Crippen molar-refractivity contribution in [3.8, 4) is 5.69 Å². The third-order valence-corrected chi connectivity index (χ3v) is 5.29. The second-order valence-electron chi connectivity index (χ2n) is 6.93. The molecule has 3 aromatic carbocycles. The summed E-state index contributed by atoms with van der Waals surface area (Å²) in [6, 6.07) is 24.0. The molecule has 0 fully saturated rings. The Bertz CT molecular complexity index is 1100. The number of hydrogen-bond acceptors (Lipinski definition) is 1. The van der Waals surface area contributed by atoms with Gasteiger partial charge >= 0.3 is 0 Å². The molecule has 1 aliphatic heterocycles. The van der Waals surface area contributed by atoms with Crippen molar-refractivity contribution in [1.82, 2.24) is 4.57 Å². The fourth-order valence-electron chi connectivity index (χ4n) is 4.07. The quantitative estimate of drug-likeness (QED) is 0.416. The van der Waals surface area contributed by atoms with Crippen molar-refractivity contribution >= 4 is 27.5 Å². The number of para-hydroxylation sites is 2. The molecule has 26 heavy (non-hydrogen) atoms. The number of hydrogen-bond donors (Lipinski definition) is 1. The number of benzene rings is 3. The molecule has 5 rings (SSSR count). The molecule has 0 spiro atoms. The zero-order chi connectivity index (χ0) is 17.3. The Morgan fingerprint density at radius 3 is 2.54 bits per heavy atom. The van der Waals surface area contributed by atoms with E-state index < -0.39 is 0 Å². The van der Waals surface area contributed by atoms with Crippen molar-refractivity contribution in [3.63, 3.8) is 0 Å². The maximum absolute atomic E-state index is 3.76. The maximum Gasteiger partial charge on any atom is 0.0776 e. The molecule has 0 atom stereocenters. The predicted octanol–water partition coefficient (Wildman–Crippen LogP) is 6.09. The number of allylic oxidation sites excluding steroid dienone is 2. The number of rotatable bonds is 1. The highest BCUT2D eigenvalue weighted by Gasteiger charge is 2.17. The number of fused-ring (bicyclic) bond motifs is 5. The average molecular weight is 338 g/mol. The minimum Gasteiger partial charge on any atom is -0.383 e. The molecule has 2 nitrogen and oxygen atoms in total. The van der Waals surface area contributed by atoms with Crippen LogP contribution in [0, 0.1) is 0 Å². The van der Waals surface area contributed by atoms with E-state index in [4.69, 9.17) is 0 Å². The molecule has 1 N–H and O–H groups in total. The SMILES string of the molecule is C1=CCc2ccc3c4ccccc4n(-c4ccccc4)c3c2NCCC1. The molecular weight excluding hydrogens is 316 g/mol. The van der Waals surface area contributed by atoms with Gasteiger partial charge in [0.25, 0.3) is 0 Å². The predicted molar refractivity (Wildman–Crippen MR) is 111 cm³/mol. The van der Waals surface area contributed by atoms with Crippen LogP contribution in [-0.2, 0) is 6.42 Å². The number of nitrogens with one attached hydrogen (secondary N) is 1. The molecule has 0 unspecified atom stereocenters. The first-order valence-corrected chi connectivity index (χ1v) is 9.43. The van der Waals surface area contributed by atoms with Gasteiger partial charge in [-0.1, -0.05) is 60.7 Å². The number of anilines is 1. The van der Waals surface area contributed by atoms with Crippen LogP contribution in [0.15, 0.2) is 78.9 Å². The fraction of sp³-hybridized carbons (Fsp3) is 0.167.